The Hall–Kier alpha value is -2.43. The zero-order valence-electron chi connectivity index (χ0n) is 11.2. The summed E-state index contributed by atoms with van der Waals surface area (Å²) in [4.78, 5) is 18.0. The van der Waals surface area contributed by atoms with E-state index < -0.39 is 5.82 Å². The molecule has 20 heavy (non-hydrogen) atoms. The summed E-state index contributed by atoms with van der Waals surface area (Å²) in [5.41, 5.74) is 6.57. The van der Waals surface area contributed by atoms with E-state index >= 15 is 0 Å². The number of hydrogen-bond acceptors (Lipinski definition) is 3. The summed E-state index contributed by atoms with van der Waals surface area (Å²) >= 11 is 0. The highest BCUT2D eigenvalue weighted by molar-refractivity contribution is 5.94. The van der Waals surface area contributed by atoms with Gasteiger partial charge in [0.05, 0.1) is 17.8 Å². The molecule has 0 radical (unpaired) electrons. The van der Waals surface area contributed by atoms with Gasteiger partial charge in [-0.05, 0) is 37.3 Å². The fraction of sp³-hybridized carbons (Fsp3) is 0.200. The number of amides is 1. The second-order valence-electron chi connectivity index (χ2n) is 4.38. The van der Waals surface area contributed by atoms with Gasteiger partial charge in [0.25, 0.3) is 5.91 Å². The highest BCUT2D eigenvalue weighted by Gasteiger charge is 2.18. The van der Waals surface area contributed by atoms with Crippen LogP contribution in [-0.2, 0) is 6.54 Å². The predicted molar refractivity (Wildman–Crippen MR) is 75.5 cm³/mol. The van der Waals surface area contributed by atoms with Gasteiger partial charge in [0, 0.05) is 18.4 Å². The molecule has 104 valence electrons. The molecule has 0 fully saturated rings. The Labute approximate surface area is 117 Å². The number of carbonyl (C=O) groups is 1. The summed E-state index contributed by atoms with van der Waals surface area (Å²) in [6.45, 7) is 2.66. The minimum atomic E-state index is -0.602. The van der Waals surface area contributed by atoms with Crippen molar-refractivity contribution in [3.63, 3.8) is 0 Å². The van der Waals surface area contributed by atoms with Crippen LogP contribution in [0.1, 0.15) is 23.0 Å². The summed E-state index contributed by atoms with van der Waals surface area (Å²) in [6, 6.07) is 9.57. The van der Waals surface area contributed by atoms with Gasteiger partial charge in [0.2, 0.25) is 0 Å². The number of carbonyl (C=O) groups excluding carboxylic acids is 1. The van der Waals surface area contributed by atoms with Crippen molar-refractivity contribution in [3.05, 3.63) is 59.7 Å². The molecular weight excluding hydrogens is 257 g/mol. The molecule has 0 unspecified atom stereocenters. The first-order valence-electron chi connectivity index (χ1n) is 6.36. The number of aromatic nitrogens is 1. The van der Waals surface area contributed by atoms with E-state index in [0.717, 1.165) is 11.8 Å². The largest absolute Gasteiger partial charge is 0.399 e. The zero-order valence-corrected chi connectivity index (χ0v) is 11.2. The van der Waals surface area contributed by atoms with E-state index in [0.29, 0.717) is 18.8 Å². The maximum atomic E-state index is 13.8. The van der Waals surface area contributed by atoms with Crippen LogP contribution in [0.4, 0.5) is 10.1 Å². The standard InChI is InChI=1S/C15H16FN3O/c1-2-19(10-12-5-3-4-8-18-12)15(20)13-7-6-11(17)9-14(13)16/h3-9H,2,10,17H2,1H3. The Morgan fingerprint density at radius 2 is 2.15 bits per heavy atom. The average molecular weight is 273 g/mol. The first-order valence-corrected chi connectivity index (χ1v) is 6.36. The molecule has 0 saturated carbocycles. The van der Waals surface area contributed by atoms with Crippen molar-refractivity contribution >= 4 is 11.6 Å². The normalized spacial score (nSPS) is 10.3. The molecule has 1 aromatic heterocycles. The van der Waals surface area contributed by atoms with Gasteiger partial charge in [0.15, 0.2) is 0 Å². The molecule has 2 N–H and O–H groups in total. The molecule has 0 aliphatic rings. The van der Waals surface area contributed by atoms with Crippen molar-refractivity contribution in [1.29, 1.82) is 0 Å². The number of hydrogen-bond donors (Lipinski definition) is 1. The molecule has 2 aromatic rings. The van der Waals surface area contributed by atoms with Crippen LogP contribution in [0.3, 0.4) is 0 Å². The third-order valence-electron chi connectivity index (χ3n) is 2.97. The minimum Gasteiger partial charge on any atom is -0.399 e. The van der Waals surface area contributed by atoms with E-state index in [1.54, 1.807) is 12.3 Å². The van der Waals surface area contributed by atoms with Crippen LogP contribution in [0.15, 0.2) is 42.6 Å². The molecule has 0 bridgehead atoms. The molecule has 4 nitrogen and oxygen atoms in total. The number of anilines is 1. The quantitative estimate of drug-likeness (QED) is 0.870. The monoisotopic (exact) mass is 273 g/mol. The van der Waals surface area contributed by atoms with Crippen LogP contribution < -0.4 is 5.73 Å². The highest BCUT2D eigenvalue weighted by atomic mass is 19.1. The lowest BCUT2D eigenvalue weighted by atomic mass is 10.1. The Kier molecular flexibility index (Phi) is 4.30. The van der Waals surface area contributed by atoms with Gasteiger partial charge < -0.3 is 10.6 Å². The van der Waals surface area contributed by atoms with Crippen molar-refractivity contribution in [3.8, 4) is 0 Å². The molecule has 0 spiro atoms. The van der Waals surface area contributed by atoms with Crippen molar-refractivity contribution in [2.75, 3.05) is 12.3 Å². The number of nitrogens with zero attached hydrogens (tertiary/aromatic N) is 2. The molecule has 2 rings (SSSR count). The Bertz CT molecular complexity index is 601. The van der Waals surface area contributed by atoms with Crippen molar-refractivity contribution in [1.82, 2.24) is 9.88 Å². The smallest absolute Gasteiger partial charge is 0.257 e. The Morgan fingerprint density at radius 3 is 2.75 bits per heavy atom. The fourth-order valence-electron chi connectivity index (χ4n) is 1.89. The number of rotatable bonds is 4. The second kappa shape index (κ2) is 6.14. The maximum absolute atomic E-state index is 13.8. The van der Waals surface area contributed by atoms with Crippen LogP contribution in [0, 0.1) is 5.82 Å². The van der Waals surface area contributed by atoms with Gasteiger partial charge in [0.1, 0.15) is 5.82 Å². The van der Waals surface area contributed by atoms with Crippen molar-refractivity contribution in [2.24, 2.45) is 0 Å². The van der Waals surface area contributed by atoms with E-state index in [1.807, 2.05) is 19.1 Å². The van der Waals surface area contributed by atoms with Crippen LogP contribution >= 0.6 is 0 Å². The number of nitrogens with two attached hydrogens (primary N) is 1. The minimum absolute atomic E-state index is 0.0250. The first-order chi connectivity index (χ1) is 9.61. The van der Waals surface area contributed by atoms with Gasteiger partial charge >= 0.3 is 0 Å². The van der Waals surface area contributed by atoms with E-state index in [2.05, 4.69) is 4.98 Å². The maximum Gasteiger partial charge on any atom is 0.257 e. The van der Waals surface area contributed by atoms with Gasteiger partial charge in [-0.2, -0.15) is 0 Å². The lowest BCUT2D eigenvalue weighted by Crippen LogP contribution is -2.31. The third-order valence-corrected chi connectivity index (χ3v) is 2.97. The van der Waals surface area contributed by atoms with E-state index in [-0.39, 0.29) is 11.5 Å². The lowest BCUT2D eigenvalue weighted by Gasteiger charge is -2.20. The van der Waals surface area contributed by atoms with Crippen LogP contribution in [0.2, 0.25) is 0 Å². The molecule has 0 aliphatic heterocycles. The van der Waals surface area contributed by atoms with Gasteiger partial charge in [-0.25, -0.2) is 4.39 Å². The topological polar surface area (TPSA) is 59.2 Å². The molecule has 0 aliphatic carbocycles. The number of benzene rings is 1. The molecule has 1 amide bonds. The zero-order chi connectivity index (χ0) is 14.5. The van der Waals surface area contributed by atoms with E-state index in [4.69, 9.17) is 5.73 Å². The molecule has 1 heterocycles. The molecule has 0 atom stereocenters. The first kappa shape index (κ1) is 14.0. The number of nitrogen functional groups attached to an aromatic ring is 1. The van der Waals surface area contributed by atoms with Gasteiger partial charge in [-0.1, -0.05) is 6.07 Å². The highest BCUT2D eigenvalue weighted by Crippen LogP contribution is 2.15. The lowest BCUT2D eigenvalue weighted by molar-refractivity contribution is 0.0746. The SMILES string of the molecule is CCN(Cc1ccccn1)C(=O)c1ccc(N)cc1F. The third kappa shape index (κ3) is 3.12. The summed E-state index contributed by atoms with van der Waals surface area (Å²) in [6.07, 6.45) is 1.66. The van der Waals surface area contributed by atoms with Crippen LogP contribution in [-0.4, -0.2) is 22.3 Å². The number of halogens is 1. The van der Waals surface area contributed by atoms with Gasteiger partial charge in [-0.15, -0.1) is 0 Å². The fourth-order valence-corrected chi connectivity index (χ4v) is 1.89. The Morgan fingerprint density at radius 1 is 1.35 bits per heavy atom. The predicted octanol–water partition coefficient (Wildman–Crippen LogP) is 2.47. The Balaban J connectivity index is 2.21. The summed E-state index contributed by atoms with van der Waals surface area (Å²) in [5.74, 6) is -0.967. The van der Waals surface area contributed by atoms with Crippen LogP contribution in [0.25, 0.3) is 0 Å². The number of pyridine rings is 1. The van der Waals surface area contributed by atoms with E-state index in [9.17, 15) is 9.18 Å². The summed E-state index contributed by atoms with van der Waals surface area (Å²) < 4.78 is 13.8. The molecule has 1 aromatic carbocycles. The summed E-state index contributed by atoms with van der Waals surface area (Å²) in [5, 5.41) is 0. The molecular formula is C15H16FN3O. The van der Waals surface area contributed by atoms with Crippen molar-refractivity contribution in [2.45, 2.75) is 13.5 Å². The molecule has 0 saturated heterocycles. The second-order valence-corrected chi connectivity index (χ2v) is 4.38. The summed E-state index contributed by atoms with van der Waals surface area (Å²) in [7, 11) is 0. The van der Waals surface area contributed by atoms with Crippen LogP contribution in [0.5, 0.6) is 0 Å². The average Bonchev–Trinajstić information content (AvgIpc) is 2.45. The van der Waals surface area contributed by atoms with E-state index in [1.165, 1.54) is 17.0 Å². The van der Waals surface area contributed by atoms with Gasteiger partial charge in [-0.3, -0.25) is 9.78 Å². The van der Waals surface area contributed by atoms with Crippen molar-refractivity contribution < 1.29 is 9.18 Å². The molecule has 5 heteroatoms.